The molecule has 44 heavy (non-hydrogen) atoms. The van der Waals surface area contributed by atoms with Crippen LogP contribution in [-0.2, 0) is 20.8 Å². The first kappa shape index (κ1) is 34.1. The fourth-order valence-corrected chi connectivity index (χ4v) is 7.06. The second-order valence-electron chi connectivity index (χ2n) is 12.9. The van der Waals surface area contributed by atoms with E-state index in [1.165, 1.54) is 12.0 Å². The summed E-state index contributed by atoms with van der Waals surface area (Å²) in [7, 11) is 2.14. The van der Waals surface area contributed by atoms with Gasteiger partial charge in [-0.1, -0.05) is 52.2 Å². The molecule has 1 aromatic carbocycles. The summed E-state index contributed by atoms with van der Waals surface area (Å²) >= 11 is 1.58. The highest BCUT2D eigenvalue weighted by Crippen LogP contribution is 2.28. The van der Waals surface area contributed by atoms with Gasteiger partial charge in [-0.2, -0.15) is 0 Å². The topological polar surface area (TPSA) is 107 Å². The summed E-state index contributed by atoms with van der Waals surface area (Å²) in [6.45, 7) is 13.2. The summed E-state index contributed by atoms with van der Waals surface area (Å²) in [6, 6.07) is 5.37. The summed E-state index contributed by atoms with van der Waals surface area (Å²) in [5.74, 6) is 0.209. The minimum Gasteiger partial charge on any atom is -0.350 e. The first-order chi connectivity index (χ1) is 21.1. The van der Waals surface area contributed by atoms with Crippen molar-refractivity contribution in [2.24, 2.45) is 5.92 Å². The van der Waals surface area contributed by atoms with E-state index in [0.29, 0.717) is 30.9 Å². The van der Waals surface area contributed by atoms with Gasteiger partial charge in [-0.3, -0.25) is 19.3 Å². The van der Waals surface area contributed by atoms with Crippen LogP contribution in [0.2, 0.25) is 0 Å². The molecule has 1 aliphatic heterocycles. The van der Waals surface area contributed by atoms with Crippen LogP contribution in [0.15, 0.2) is 29.8 Å². The van der Waals surface area contributed by atoms with Crippen LogP contribution in [0.5, 0.6) is 0 Å². The lowest BCUT2D eigenvalue weighted by Gasteiger charge is -2.32. The van der Waals surface area contributed by atoms with E-state index in [9.17, 15) is 14.4 Å². The van der Waals surface area contributed by atoms with Crippen LogP contribution in [-0.4, -0.2) is 90.9 Å². The molecule has 2 aliphatic rings. The number of hydrogen-bond donors (Lipinski definition) is 3. The van der Waals surface area contributed by atoms with Crippen molar-refractivity contribution in [3.63, 3.8) is 0 Å². The summed E-state index contributed by atoms with van der Waals surface area (Å²) in [6.07, 6.45) is 8.09. The number of nitrogens with zero attached hydrogens (tertiary/aromatic N) is 3. The molecule has 2 heterocycles. The SMILES string of the molecule is CCC(=O)N[C@@H](Cc1nc2ccc(C(C)C)cc2s1)C(=O)N[C@H](CNC(=O)/C(C)=C/CN1CCN(C)CC1)C1CCCCC1. The van der Waals surface area contributed by atoms with Gasteiger partial charge in [-0.25, -0.2) is 4.98 Å². The molecule has 1 aromatic heterocycles. The van der Waals surface area contributed by atoms with Gasteiger partial charge in [0.15, 0.2) is 0 Å². The summed E-state index contributed by atoms with van der Waals surface area (Å²) in [5, 5.41) is 10.1. The molecule has 0 unspecified atom stereocenters. The third kappa shape index (κ3) is 9.84. The zero-order valence-electron chi connectivity index (χ0n) is 27.3. The summed E-state index contributed by atoms with van der Waals surface area (Å²) in [4.78, 5) is 48.8. The van der Waals surface area contributed by atoms with Gasteiger partial charge in [0.1, 0.15) is 6.04 Å². The largest absolute Gasteiger partial charge is 0.350 e. The molecule has 3 amide bonds. The normalized spacial score (nSPS) is 18.7. The Morgan fingerprint density at radius 3 is 2.48 bits per heavy atom. The maximum absolute atomic E-state index is 13.8. The fourth-order valence-electron chi connectivity index (χ4n) is 6.00. The van der Waals surface area contributed by atoms with Gasteiger partial charge in [0.05, 0.1) is 15.2 Å². The van der Waals surface area contributed by atoms with Gasteiger partial charge < -0.3 is 20.9 Å². The average molecular weight is 625 g/mol. The van der Waals surface area contributed by atoms with Crippen LogP contribution in [0.4, 0.5) is 0 Å². The highest BCUT2D eigenvalue weighted by Gasteiger charge is 2.30. The highest BCUT2D eigenvalue weighted by molar-refractivity contribution is 7.18. The zero-order valence-corrected chi connectivity index (χ0v) is 28.1. The van der Waals surface area contributed by atoms with Crippen LogP contribution in [0, 0.1) is 5.92 Å². The van der Waals surface area contributed by atoms with Crippen molar-refractivity contribution in [3.8, 4) is 0 Å². The summed E-state index contributed by atoms with van der Waals surface area (Å²) < 4.78 is 1.09. The van der Waals surface area contributed by atoms with Crippen LogP contribution in [0.3, 0.4) is 0 Å². The first-order valence-electron chi connectivity index (χ1n) is 16.5. The number of rotatable bonds is 13. The molecule has 2 fully saturated rings. The maximum Gasteiger partial charge on any atom is 0.246 e. The van der Waals surface area contributed by atoms with Crippen LogP contribution >= 0.6 is 11.3 Å². The molecule has 4 rings (SSSR count). The van der Waals surface area contributed by atoms with Crippen LogP contribution < -0.4 is 16.0 Å². The van der Waals surface area contributed by atoms with E-state index in [4.69, 9.17) is 4.98 Å². The maximum atomic E-state index is 13.8. The Kier molecular flexibility index (Phi) is 12.8. The van der Waals surface area contributed by atoms with Crippen molar-refractivity contribution in [1.29, 1.82) is 0 Å². The van der Waals surface area contributed by atoms with E-state index in [-0.39, 0.29) is 29.7 Å². The molecular formula is C34H52N6O3S. The highest BCUT2D eigenvalue weighted by atomic mass is 32.1. The zero-order chi connectivity index (χ0) is 31.6. The lowest BCUT2D eigenvalue weighted by atomic mass is 9.83. The lowest BCUT2D eigenvalue weighted by Crippen LogP contribution is -2.55. The van der Waals surface area contributed by atoms with Crippen molar-refractivity contribution < 1.29 is 14.4 Å². The molecule has 1 saturated carbocycles. The smallest absolute Gasteiger partial charge is 0.246 e. The second kappa shape index (κ2) is 16.5. The number of benzene rings is 1. The van der Waals surface area contributed by atoms with Gasteiger partial charge in [0.2, 0.25) is 17.7 Å². The Balaban J connectivity index is 1.43. The number of thiazole rings is 1. The van der Waals surface area contributed by atoms with Gasteiger partial charge >= 0.3 is 0 Å². The number of fused-ring (bicyclic) bond motifs is 1. The quantitative estimate of drug-likeness (QED) is 0.288. The molecule has 1 saturated heterocycles. The Morgan fingerprint density at radius 2 is 1.80 bits per heavy atom. The Labute approximate surface area is 267 Å². The second-order valence-corrected chi connectivity index (χ2v) is 14.0. The molecule has 1 aliphatic carbocycles. The average Bonchev–Trinajstić information content (AvgIpc) is 3.44. The predicted octanol–water partition coefficient (Wildman–Crippen LogP) is 4.23. The number of hydrogen-bond acceptors (Lipinski definition) is 7. The van der Waals surface area contributed by atoms with Crippen molar-refractivity contribution in [1.82, 2.24) is 30.7 Å². The molecule has 10 heteroatoms. The number of aromatic nitrogens is 1. The molecular weight excluding hydrogens is 572 g/mol. The first-order valence-corrected chi connectivity index (χ1v) is 17.3. The predicted molar refractivity (Wildman–Crippen MR) is 179 cm³/mol. The molecule has 2 aromatic rings. The molecule has 0 bridgehead atoms. The van der Waals surface area contributed by atoms with E-state index >= 15 is 0 Å². The molecule has 9 nitrogen and oxygen atoms in total. The third-order valence-corrected chi connectivity index (χ3v) is 10.2. The van der Waals surface area contributed by atoms with Gasteiger partial charge in [-0.15, -0.1) is 11.3 Å². The lowest BCUT2D eigenvalue weighted by molar-refractivity contribution is -0.129. The van der Waals surface area contributed by atoms with Crippen LogP contribution in [0.25, 0.3) is 10.2 Å². The Hall–Kier alpha value is -2.82. The van der Waals surface area contributed by atoms with Gasteiger partial charge in [0, 0.05) is 63.7 Å². The van der Waals surface area contributed by atoms with Crippen molar-refractivity contribution >= 4 is 39.3 Å². The number of piperazine rings is 1. The number of carbonyl (C=O) groups excluding carboxylic acids is 3. The van der Waals surface area contributed by atoms with Crippen molar-refractivity contribution in [3.05, 3.63) is 40.4 Å². The third-order valence-electron chi connectivity index (χ3n) is 9.11. The fraction of sp³-hybridized carbons (Fsp3) is 0.647. The Morgan fingerprint density at radius 1 is 1.07 bits per heavy atom. The van der Waals surface area contributed by atoms with E-state index in [0.717, 1.165) is 73.6 Å². The van der Waals surface area contributed by atoms with E-state index in [1.807, 2.05) is 19.1 Å². The number of likely N-dealkylation sites (N-methyl/N-ethyl adjacent to an activating group) is 1. The molecule has 2 atom stereocenters. The molecule has 3 N–H and O–H groups in total. The molecule has 0 spiro atoms. The van der Waals surface area contributed by atoms with Gasteiger partial charge in [-0.05, 0) is 56.3 Å². The summed E-state index contributed by atoms with van der Waals surface area (Å²) in [5.41, 5.74) is 2.86. The number of nitrogens with one attached hydrogen (secondary N) is 3. The number of amides is 3. The van der Waals surface area contributed by atoms with E-state index in [2.05, 4.69) is 58.8 Å². The van der Waals surface area contributed by atoms with E-state index in [1.54, 1.807) is 18.3 Å². The molecule has 0 radical (unpaired) electrons. The van der Waals surface area contributed by atoms with Crippen LogP contribution in [0.1, 0.15) is 82.7 Å². The number of carbonyl (C=O) groups is 3. The van der Waals surface area contributed by atoms with Crippen molar-refractivity contribution in [2.45, 2.75) is 90.6 Å². The minimum atomic E-state index is -0.736. The minimum absolute atomic E-state index is 0.0970. The molecule has 242 valence electrons. The monoisotopic (exact) mass is 624 g/mol. The van der Waals surface area contributed by atoms with Crippen molar-refractivity contribution in [2.75, 3.05) is 46.3 Å². The van der Waals surface area contributed by atoms with Gasteiger partial charge in [0.25, 0.3) is 0 Å². The van der Waals surface area contributed by atoms with E-state index < -0.39 is 6.04 Å². The Bertz CT molecular complexity index is 1290. The standard InChI is InChI=1S/C34H52N6O3S/c1-6-31(41)36-28(21-32-37-27-13-12-26(23(2)3)20-30(27)44-32)34(43)38-29(25-10-8-7-9-11-25)22-35-33(42)24(4)14-15-40-18-16-39(5)17-19-40/h12-14,20,23,25,28-29H,6-11,15-19,21-22H2,1-5H3,(H,35,42)(H,36,41)(H,38,43)/b24-14+/t28-,29+/m0/s1.